The van der Waals surface area contributed by atoms with Gasteiger partial charge in [0.05, 0.1) is 0 Å². The van der Waals surface area contributed by atoms with Gasteiger partial charge in [0.1, 0.15) is 0 Å². The second-order valence-electron chi connectivity index (χ2n) is 2.38. The van der Waals surface area contributed by atoms with Gasteiger partial charge in [-0.1, -0.05) is 0 Å². The molecule has 0 rings (SSSR count). The maximum atomic E-state index is 8.36. The van der Waals surface area contributed by atoms with E-state index in [0.29, 0.717) is 0 Å². The molecule has 0 bridgehead atoms. The molecular weight excluding hydrogens is 895 g/mol. The summed E-state index contributed by atoms with van der Waals surface area (Å²) in [6, 6.07) is 0. The molecule has 0 spiro atoms. The normalized spacial score (nSPS) is 5.71. The van der Waals surface area contributed by atoms with Crippen LogP contribution in [0.1, 0.15) is 5.71 Å². The summed E-state index contributed by atoms with van der Waals surface area (Å²) in [5.74, 6) is 0. The van der Waals surface area contributed by atoms with E-state index < -0.39 is 50.9 Å². The Kier molecular flexibility index (Phi) is 129. The average Bonchev–Trinajstić information content (AvgIpc) is 2.47. The van der Waals surface area contributed by atoms with Gasteiger partial charge < -0.3 is 57.8 Å². The first-order valence-corrected chi connectivity index (χ1v) is 5.65. The van der Waals surface area contributed by atoms with E-state index in [0.717, 1.165) is 0 Å². The van der Waals surface area contributed by atoms with E-state index in [2.05, 4.69) is 0 Å². The van der Waals surface area contributed by atoms with E-state index >= 15 is 0 Å². The van der Waals surface area contributed by atoms with Crippen LogP contribution in [0.5, 0.6) is 0 Å². The SMILES string of the molecule is O=[N+]([O-])O.O=[N+]([O-])O.O=[N+]([O-])O.O=[N+]([O-])O.O=[N+]([O-])O.O=[N+]([O-])O.O=[N+]([O-])O.O=[N+]([O-])O.O=[N+]([O-])O.O=[N+]([O-])O.[Ba+2].[Ba+2].[H-].[H-].[H-].[H-]. The summed E-state index contributed by atoms with van der Waals surface area (Å²) >= 11 is 0. The van der Waals surface area contributed by atoms with Gasteiger partial charge >= 0.3 is 97.8 Å². The number of hydrogen-bond donors (Lipinski definition) is 10. The van der Waals surface area contributed by atoms with Gasteiger partial charge in [-0.2, -0.15) is 0 Å². The molecule has 42 heavy (non-hydrogen) atoms. The van der Waals surface area contributed by atoms with Gasteiger partial charge in [-0.05, 0) is 0 Å². The Morgan fingerprint density at radius 2 is 0.238 bits per heavy atom. The van der Waals surface area contributed by atoms with Crippen molar-refractivity contribution in [3.05, 3.63) is 101 Å². The van der Waals surface area contributed by atoms with Gasteiger partial charge in [0.25, 0.3) is 50.9 Å². The number of hydrogen-bond acceptors (Lipinski definition) is 20. The molecule has 0 amide bonds. The zero-order valence-corrected chi connectivity index (χ0v) is 27.4. The molecule has 42 heteroatoms. The third kappa shape index (κ3) is 1740. The molecule has 0 fully saturated rings. The molecular formula is H14Ba2N10O30. The Balaban J connectivity index is -0.0000000153. The minimum atomic E-state index is -1.50. The second-order valence-corrected chi connectivity index (χ2v) is 2.38. The van der Waals surface area contributed by atoms with E-state index in [1.807, 2.05) is 0 Å². The zero-order valence-electron chi connectivity index (χ0n) is 22.5. The molecule has 10 N–H and O–H groups in total. The van der Waals surface area contributed by atoms with Crippen molar-refractivity contribution in [2.75, 3.05) is 0 Å². The molecule has 0 aliphatic heterocycles. The standard InChI is InChI=1S/2Ba.10HNO3.4H/c;;10*2-1(3)4;;;;/h;;10*(H,2,3,4);;;;/q2*+2;;;;;;;;;;;4*-1. The van der Waals surface area contributed by atoms with Crippen molar-refractivity contribution in [1.29, 1.82) is 0 Å². The van der Waals surface area contributed by atoms with Crippen molar-refractivity contribution in [3.63, 3.8) is 0 Å². The molecule has 0 aromatic carbocycles. The van der Waals surface area contributed by atoms with Gasteiger partial charge in [0.2, 0.25) is 0 Å². The van der Waals surface area contributed by atoms with Crippen molar-refractivity contribution in [3.8, 4) is 0 Å². The molecule has 0 heterocycles. The van der Waals surface area contributed by atoms with Crippen LogP contribution in [0.15, 0.2) is 0 Å². The summed E-state index contributed by atoms with van der Waals surface area (Å²) in [7, 11) is 0. The minimum Gasteiger partial charge on any atom is -1.00 e. The van der Waals surface area contributed by atoms with Crippen LogP contribution >= 0.6 is 0 Å². The van der Waals surface area contributed by atoms with Crippen molar-refractivity contribution in [1.82, 2.24) is 0 Å². The van der Waals surface area contributed by atoms with E-state index in [1.165, 1.54) is 0 Å². The molecule has 0 aliphatic rings. The fraction of sp³-hybridized carbons (Fsp3) is 0. The van der Waals surface area contributed by atoms with Crippen LogP contribution in [0.2, 0.25) is 0 Å². The molecule has 248 valence electrons. The maximum Gasteiger partial charge on any atom is 2.00 e. The third-order valence-corrected chi connectivity index (χ3v) is 0. The van der Waals surface area contributed by atoms with Gasteiger partial charge in [0, 0.05) is 0 Å². The van der Waals surface area contributed by atoms with Crippen LogP contribution < -0.4 is 0 Å². The third-order valence-electron chi connectivity index (χ3n) is 0. The average molecular weight is 909 g/mol. The number of rotatable bonds is 0. The smallest absolute Gasteiger partial charge is 1.00 e. The summed E-state index contributed by atoms with van der Waals surface area (Å²) in [6.45, 7) is 0. The predicted molar refractivity (Wildman–Crippen MR) is 104 cm³/mol. The van der Waals surface area contributed by atoms with Crippen LogP contribution in [0, 0.1) is 101 Å². The van der Waals surface area contributed by atoms with Crippen molar-refractivity contribution >= 4 is 97.8 Å². The topological polar surface area (TPSA) is 634 Å². The van der Waals surface area contributed by atoms with E-state index in [-0.39, 0.29) is 103 Å². The molecule has 0 saturated heterocycles. The van der Waals surface area contributed by atoms with Crippen LogP contribution in [-0.2, 0) is 0 Å². The summed E-state index contributed by atoms with van der Waals surface area (Å²) in [5.41, 5.74) is 0. The van der Waals surface area contributed by atoms with Crippen molar-refractivity contribution < 1.29 is 109 Å². The molecule has 0 atom stereocenters. The van der Waals surface area contributed by atoms with Gasteiger partial charge in [-0.25, -0.2) is 0 Å². The summed E-state index contributed by atoms with van der Waals surface area (Å²) in [6.07, 6.45) is 0. The fourth-order valence-electron chi connectivity index (χ4n) is 0. The first-order valence-electron chi connectivity index (χ1n) is 5.65. The summed E-state index contributed by atoms with van der Waals surface area (Å²) in [4.78, 5) is 83.6. The molecule has 0 radical (unpaired) electrons. The minimum absolute atomic E-state index is 0. The van der Waals surface area contributed by atoms with Gasteiger partial charge in [-0.3, -0.25) is 0 Å². The second kappa shape index (κ2) is 70.6. The Morgan fingerprint density at radius 1 is 0.238 bits per heavy atom. The quantitative estimate of drug-likeness (QED) is 0.0633. The van der Waals surface area contributed by atoms with E-state index in [9.17, 15) is 0 Å². The Hall–Kier alpha value is -4.86. The Bertz CT molecular complexity index is 493. The van der Waals surface area contributed by atoms with Crippen LogP contribution in [-0.4, -0.2) is 201 Å². The van der Waals surface area contributed by atoms with Crippen LogP contribution in [0.4, 0.5) is 0 Å². The van der Waals surface area contributed by atoms with Crippen LogP contribution in [0.25, 0.3) is 0 Å². The predicted octanol–water partition coefficient (Wildman–Crippen LogP) is -3.79. The summed E-state index contributed by atoms with van der Waals surface area (Å²) < 4.78 is 0. The Morgan fingerprint density at radius 3 is 0.238 bits per heavy atom. The van der Waals surface area contributed by atoms with Gasteiger partial charge in [0.15, 0.2) is 0 Å². The zero-order chi connectivity index (χ0) is 35.8. The largest absolute Gasteiger partial charge is 2.00 e. The van der Waals surface area contributed by atoms with E-state index in [4.69, 9.17) is 153 Å². The Labute approximate surface area is 305 Å². The fourth-order valence-corrected chi connectivity index (χ4v) is 0. The molecule has 40 nitrogen and oxygen atoms in total. The first-order chi connectivity index (χ1) is 17.3. The molecule has 0 aromatic rings. The first kappa shape index (κ1) is 76.8. The maximum absolute atomic E-state index is 8.36. The van der Waals surface area contributed by atoms with Crippen molar-refractivity contribution in [2.45, 2.75) is 0 Å². The molecule has 0 unspecified atom stereocenters. The summed E-state index contributed by atoms with van der Waals surface area (Å²) in [5, 5.41) is 136. The molecule has 0 aliphatic carbocycles. The monoisotopic (exact) mass is 910 g/mol. The molecule has 0 aromatic heterocycles. The van der Waals surface area contributed by atoms with Crippen molar-refractivity contribution in [2.24, 2.45) is 0 Å². The van der Waals surface area contributed by atoms with Gasteiger partial charge in [-0.15, -0.1) is 101 Å². The van der Waals surface area contributed by atoms with Crippen LogP contribution in [0.3, 0.4) is 0 Å². The van der Waals surface area contributed by atoms with E-state index in [1.54, 1.807) is 0 Å². The molecule has 0 saturated carbocycles. The number of nitrogens with zero attached hydrogens (tertiary/aromatic N) is 10.